The highest BCUT2D eigenvalue weighted by molar-refractivity contribution is 6.04. The molecule has 0 atom stereocenters. The largest absolute Gasteiger partial charge is 0.490 e. The van der Waals surface area contributed by atoms with Gasteiger partial charge in [-0.15, -0.1) is 0 Å². The molecular formula is C21H22N4O5. The molecule has 0 radical (unpaired) electrons. The molecule has 0 spiro atoms. The molecule has 0 saturated heterocycles. The van der Waals surface area contributed by atoms with Crippen LogP contribution in [0, 0.1) is 17.0 Å². The predicted octanol–water partition coefficient (Wildman–Crippen LogP) is 4.14. The van der Waals surface area contributed by atoms with Crippen molar-refractivity contribution < 1.29 is 19.2 Å². The van der Waals surface area contributed by atoms with E-state index in [-0.39, 0.29) is 22.8 Å². The Bertz CT molecular complexity index is 1060. The second-order valence-corrected chi connectivity index (χ2v) is 6.31. The second-order valence-electron chi connectivity index (χ2n) is 6.31. The lowest BCUT2D eigenvalue weighted by Crippen LogP contribution is -2.15. The van der Waals surface area contributed by atoms with Crippen molar-refractivity contribution in [1.29, 1.82) is 0 Å². The van der Waals surface area contributed by atoms with Gasteiger partial charge in [0.15, 0.2) is 17.2 Å². The van der Waals surface area contributed by atoms with E-state index in [1.54, 1.807) is 24.6 Å². The van der Waals surface area contributed by atoms with E-state index in [0.29, 0.717) is 19.0 Å². The number of nitrogens with one attached hydrogen (secondary N) is 1. The van der Waals surface area contributed by atoms with Gasteiger partial charge in [-0.25, -0.2) is 4.68 Å². The summed E-state index contributed by atoms with van der Waals surface area (Å²) in [5, 5.41) is 18.5. The summed E-state index contributed by atoms with van der Waals surface area (Å²) < 4.78 is 12.6. The number of ether oxygens (including phenoxy) is 2. The van der Waals surface area contributed by atoms with Crippen molar-refractivity contribution >= 4 is 17.3 Å². The molecule has 9 heteroatoms. The van der Waals surface area contributed by atoms with Crippen molar-refractivity contribution in [2.45, 2.75) is 20.8 Å². The minimum absolute atomic E-state index is 0.00353. The van der Waals surface area contributed by atoms with Crippen LogP contribution in [-0.4, -0.2) is 33.8 Å². The Labute approximate surface area is 173 Å². The van der Waals surface area contributed by atoms with Crippen molar-refractivity contribution in [3.8, 4) is 17.2 Å². The molecule has 1 heterocycles. The Kier molecular flexibility index (Phi) is 6.31. The van der Waals surface area contributed by atoms with Crippen LogP contribution in [0.5, 0.6) is 11.5 Å². The zero-order chi connectivity index (χ0) is 21.7. The number of hydrogen-bond acceptors (Lipinski definition) is 6. The lowest BCUT2D eigenvalue weighted by atomic mass is 10.2. The van der Waals surface area contributed by atoms with E-state index in [2.05, 4.69) is 10.4 Å². The standard InChI is InChI=1S/C21H22N4O5/c1-4-29-19-12-16(18(25(27)28)13-20(19)30-5-2)22-21(26)17-11-14(3)24(23-17)15-9-7-6-8-10-15/h6-13H,4-5H2,1-3H3,(H,22,26). The Hall–Kier alpha value is -3.88. The Morgan fingerprint density at radius 1 is 1.10 bits per heavy atom. The molecule has 0 bridgehead atoms. The molecule has 0 unspecified atom stereocenters. The number of anilines is 1. The van der Waals surface area contributed by atoms with Crippen molar-refractivity contribution in [3.05, 3.63) is 70.0 Å². The van der Waals surface area contributed by atoms with Crippen molar-refractivity contribution in [1.82, 2.24) is 9.78 Å². The minimum atomic E-state index is -0.582. The van der Waals surface area contributed by atoms with Crippen LogP contribution in [-0.2, 0) is 0 Å². The lowest BCUT2D eigenvalue weighted by Gasteiger charge is -2.13. The van der Waals surface area contributed by atoms with Crippen LogP contribution in [0.1, 0.15) is 30.0 Å². The number of nitrogens with zero attached hydrogens (tertiary/aromatic N) is 3. The summed E-state index contributed by atoms with van der Waals surface area (Å²) in [6.45, 7) is 6.03. The maximum absolute atomic E-state index is 12.8. The zero-order valence-corrected chi connectivity index (χ0v) is 16.9. The first kappa shape index (κ1) is 20.8. The van der Waals surface area contributed by atoms with Gasteiger partial charge in [0.2, 0.25) is 0 Å². The number of aryl methyl sites for hydroxylation is 1. The van der Waals surface area contributed by atoms with Gasteiger partial charge in [-0.05, 0) is 39.0 Å². The normalized spacial score (nSPS) is 10.5. The average molecular weight is 410 g/mol. The molecule has 0 aliphatic heterocycles. The molecule has 1 amide bonds. The van der Waals surface area contributed by atoms with Crippen molar-refractivity contribution in [2.75, 3.05) is 18.5 Å². The van der Waals surface area contributed by atoms with E-state index in [9.17, 15) is 14.9 Å². The quantitative estimate of drug-likeness (QED) is 0.442. The second kappa shape index (κ2) is 9.08. The maximum atomic E-state index is 12.8. The Morgan fingerprint density at radius 2 is 1.73 bits per heavy atom. The van der Waals surface area contributed by atoms with Gasteiger partial charge >= 0.3 is 0 Å². The number of nitro groups is 1. The number of aromatic nitrogens is 2. The highest BCUT2D eigenvalue weighted by atomic mass is 16.6. The molecule has 3 aromatic rings. The van der Waals surface area contributed by atoms with Crippen LogP contribution < -0.4 is 14.8 Å². The molecule has 9 nitrogen and oxygen atoms in total. The number of carbonyl (C=O) groups is 1. The highest BCUT2D eigenvalue weighted by Crippen LogP contribution is 2.38. The number of benzene rings is 2. The van der Waals surface area contributed by atoms with Gasteiger partial charge in [0.1, 0.15) is 5.69 Å². The van der Waals surface area contributed by atoms with E-state index >= 15 is 0 Å². The fraction of sp³-hybridized carbons (Fsp3) is 0.238. The number of amides is 1. The van der Waals surface area contributed by atoms with E-state index in [1.807, 2.05) is 37.3 Å². The fourth-order valence-corrected chi connectivity index (χ4v) is 2.94. The van der Waals surface area contributed by atoms with Crippen LogP contribution in [0.4, 0.5) is 11.4 Å². The highest BCUT2D eigenvalue weighted by Gasteiger charge is 2.23. The van der Waals surface area contributed by atoms with Crippen molar-refractivity contribution in [3.63, 3.8) is 0 Å². The first-order valence-electron chi connectivity index (χ1n) is 9.46. The molecule has 1 N–H and O–H groups in total. The van der Waals surface area contributed by atoms with E-state index in [0.717, 1.165) is 11.4 Å². The van der Waals surface area contributed by atoms with Gasteiger partial charge in [-0.2, -0.15) is 5.10 Å². The number of carbonyl (C=O) groups excluding carboxylic acids is 1. The first-order chi connectivity index (χ1) is 14.4. The third-order valence-corrected chi connectivity index (χ3v) is 4.23. The summed E-state index contributed by atoms with van der Waals surface area (Å²) in [6.07, 6.45) is 0. The number of nitro benzene ring substituents is 1. The van der Waals surface area contributed by atoms with Crippen LogP contribution in [0.25, 0.3) is 5.69 Å². The van der Waals surface area contributed by atoms with E-state index in [1.165, 1.54) is 12.1 Å². The third-order valence-electron chi connectivity index (χ3n) is 4.23. The molecule has 2 aromatic carbocycles. The van der Waals surface area contributed by atoms with Gasteiger partial charge in [0.05, 0.1) is 29.9 Å². The maximum Gasteiger partial charge on any atom is 0.296 e. The molecule has 30 heavy (non-hydrogen) atoms. The summed E-state index contributed by atoms with van der Waals surface area (Å²) in [7, 11) is 0. The monoisotopic (exact) mass is 410 g/mol. The summed E-state index contributed by atoms with van der Waals surface area (Å²) >= 11 is 0. The lowest BCUT2D eigenvalue weighted by molar-refractivity contribution is -0.384. The molecule has 1 aromatic heterocycles. The molecule has 0 aliphatic carbocycles. The molecule has 156 valence electrons. The van der Waals surface area contributed by atoms with Gasteiger partial charge in [0.25, 0.3) is 11.6 Å². The van der Waals surface area contributed by atoms with Crippen LogP contribution in [0.15, 0.2) is 48.5 Å². The summed E-state index contributed by atoms with van der Waals surface area (Å²) in [5.74, 6) is -0.0121. The third kappa shape index (κ3) is 4.40. The smallest absolute Gasteiger partial charge is 0.296 e. The van der Waals surface area contributed by atoms with E-state index < -0.39 is 10.8 Å². The van der Waals surface area contributed by atoms with E-state index in [4.69, 9.17) is 9.47 Å². The molecule has 3 rings (SSSR count). The number of para-hydroxylation sites is 1. The van der Waals surface area contributed by atoms with Crippen LogP contribution in [0.3, 0.4) is 0 Å². The van der Waals surface area contributed by atoms with Crippen molar-refractivity contribution in [2.24, 2.45) is 0 Å². The summed E-state index contributed by atoms with van der Waals surface area (Å²) in [5.41, 5.74) is 1.40. The minimum Gasteiger partial charge on any atom is -0.490 e. The number of rotatable bonds is 8. The fourth-order valence-electron chi connectivity index (χ4n) is 2.94. The zero-order valence-electron chi connectivity index (χ0n) is 16.9. The molecule has 0 fully saturated rings. The number of hydrogen-bond donors (Lipinski definition) is 1. The Balaban J connectivity index is 1.94. The van der Waals surface area contributed by atoms with Crippen LogP contribution >= 0.6 is 0 Å². The van der Waals surface area contributed by atoms with Gasteiger partial charge < -0.3 is 14.8 Å². The topological polar surface area (TPSA) is 109 Å². The first-order valence-corrected chi connectivity index (χ1v) is 9.46. The SMILES string of the molecule is CCOc1cc(NC(=O)c2cc(C)n(-c3ccccc3)n2)c([N+](=O)[O-])cc1OCC. The predicted molar refractivity (Wildman–Crippen MR) is 112 cm³/mol. The average Bonchev–Trinajstić information content (AvgIpc) is 3.12. The van der Waals surface area contributed by atoms with Gasteiger partial charge in [-0.1, -0.05) is 18.2 Å². The molecule has 0 saturated carbocycles. The molecule has 0 aliphatic rings. The Morgan fingerprint density at radius 3 is 2.33 bits per heavy atom. The van der Waals surface area contributed by atoms with Gasteiger partial charge in [-0.3, -0.25) is 14.9 Å². The summed E-state index contributed by atoms with van der Waals surface area (Å²) in [6, 6.07) is 13.6. The molecular weight excluding hydrogens is 388 g/mol. The van der Waals surface area contributed by atoms with Gasteiger partial charge in [0, 0.05) is 11.8 Å². The van der Waals surface area contributed by atoms with Crippen LogP contribution in [0.2, 0.25) is 0 Å². The summed E-state index contributed by atoms with van der Waals surface area (Å²) in [4.78, 5) is 23.7.